The van der Waals surface area contributed by atoms with Crippen molar-refractivity contribution in [3.63, 3.8) is 0 Å². The Bertz CT molecular complexity index is 1350. The van der Waals surface area contributed by atoms with E-state index in [4.69, 9.17) is 37.9 Å². The average molecular weight is 623 g/mol. The molecule has 4 fully saturated rings. The minimum Gasteiger partial charge on any atom is -0.459 e. The lowest BCUT2D eigenvalue weighted by molar-refractivity contribution is -0.244. The van der Waals surface area contributed by atoms with Gasteiger partial charge in [-0.3, -0.25) is 24.0 Å². The molecule has 242 valence electrons. The molecule has 3 aliphatic heterocycles. The monoisotopic (exact) mass is 622 g/mol. The van der Waals surface area contributed by atoms with Crippen molar-refractivity contribution in [2.75, 3.05) is 0 Å². The first-order chi connectivity index (χ1) is 20.3. The standard InChI is InChI=1S/C30H38O14/c1-12-10-18(37-13(2)31)22(39-15(4)33)27(7)21(28(8)24(43-28)20(38-14(3)32)23(27)40-16(5)34)25(41-17(6)35)30-19(11-12)42-26(36)29(30,9)44-30/h11,18-25H,10H2,1-9H3/b12-11-/t18-,19+,20-,21+,22+,23-,24+,25-,27-,28-,29-,30-/m1/s1. The molecule has 14 heteroatoms. The molecule has 0 unspecified atom stereocenters. The Morgan fingerprint density at radius 3 is 1.82 bits per heavy atom. The molecular weight excluding hydrogens is 584 g/mol. The summed E-state index contributed by atoms with van der Waals surface area (Å²) >= 11 is 0. The Labute approximate surface area is 253 Å². The smallest absolute Gasteiger partial charge is 0.342 e. The Morgan fingerprint density at radius 2 is 1.30 bits per heavy atom. The molecule has 12 atom stereocenters. The van der Waals surface area contributed by atoms with E-state index in [2.05, 4.69) is 0 Å². The third kappa shape index (κ3) is 4.59. The summed E-state index contributed by atoms with van der Waals surface area (Å²) in [5, 5.41) is 0. The van der Waals surface area contributed by atoms with Crippen LogP contribution in [0.15, 0.2) is 11.6 Å². The van der Waals surface area contributed by atoms with Crippen LogP contribution in [0.4, 0.5) is 0 Å². The molecule has 0 radical (unpaired) electrons. The van der Waals surface area contributed by atoms with E-state index < -0.39 is 107 Å². The largest absolute Gasteiger partial charge is 0.459 e. The predicted molar refractivity (Wildman–Crippen MR) is 143 cm³/mol. The van der Waals surface area contributed by atoms with Crippen molar-refractivity contribution in [2.45, 2.75) is 128 Å². The van der Waals surface area contributed by atoms with Gasteiger partial charge in [-0.1, -0.05) is 12.5 Å². The van der Waals surface area contributed by atoms with Crippen molar-refractivity contribution in [3.8, 4) is 0 Å². The first-order valence-corrected chi connectivity index (χ1v) is 14.4. The summed E-state index contributed by atoms with van der Waals surface area (Å²) in [6.07, 6.45) is -6.82. The number of hydrogen-bond donors (Lipinski definition) is 0. The van der Waals surface area contributed by atoms with Crippen LogP contribution in [0.3, 0.4) is 0 Å². The molecule has 1 spiro atoms. The van der Waals surface area contributed by atoms with Gasteiger partial charge in [-0.25, -0.2) is 4.79 Å². The van der Waals surface area contributed by atoms with Crippen LogP contribution in [-0.2, 0) is 66.7 Å². The van der Waals surface area contributed by atoms with Gasteiger partial charge in [-0.05, 0) is 26.8 Å². The Kier molecular flexibility index (Phi) is 7.44. The number of epoxide rings is 2. The molecule has 0 bridgehead atoms. The molecule has 0 amide bonds. The first kappa shape index (κ1) is 31.9. The van der Waals surface area contributed by atoms with E-state index in [1.54, 1.807) is 26.8 Å². The van der Waals surface area contributed by atoms with Crippen molar-refractivity contribution >= 4 is 35.8 Å². The average Bonchev–Trinajstić information content (AvgIpc) is 3.72. The molecule has 14 nitrogen and oxygen atoms in total. The number of hydrogen-bond acceptors (Lipinski definition) is 14. The van der Waals surface area contributed by atoms with Crippen molar-refractivity contribution in [1.82, 2.24) is 0 Å². The Morgan fingerprint density at radius 1 is 0.773 bits per heavy atom. The van der Waals surface area contributed by atoms with Crippen LogP contribution < -0.4 is 0 Å². The number of carbonyl (C=O) groups excluding carboxylic acids is 6. The van der Waals surface area contributed by atoms with Gasteiger partial charge in [0.25, 0.3) is 0 Å². The highest BCUT2D eigenvalue weighted by Crippen LogP contribution is 2.70. The van der Waals surface area contributed by atoms with Crippen molar-refractivity contribution in [3.05, 3.63) is 11.6 Å². The lowest BCUT2D eigenvalue weighted by Gasteiger charge is -2.56. The summed E-state index contributed by atoms with van der Waals surface area (Å²) in [4.78, 5) is 76.4. The van der Waals surface area contributed by atoms with Crippen LogP contribution in [0.2, 0.25) is 0 Å². The quantitative estimate of drug-likeness (QED) is 0.185. The fourth-order valence-electron chi connectivity index (χ4n) is 8.08. The van der Waals surface area contributed by atoms with Gasteiger partial charge in [0.2, 0.25) is 0 Å². The molecule has 0 aromatic rings. The van der Waals surface area contributed by atoms with Gasteiger partial charge >= 0.3 is 35.8 Å². The van der Waals surface area contributed by atoms with Crippen LogP contribution in [0.5, 0.6) is 0 Å². The van der Waals surface area contributed by atoms with Gasteiger partial charge in [0.05, 0.1) is 5.41 Å². The fraction of sp³-hybridized carbons (Fsp3) is 0.733. The third-order valence-corrected chi connectivity index (χ3v) is 9.64. The highest BCUT2D eigenvalue weighted by atomic mass is 16.7. The molecule has 44 heavy (non-hydrogen) atoms. The van der Waals surface area contributed by atoms with Gasteiger partial charge in [-0.15, -0.1) is 0 Å². The number of fused-ring (bicyclic) bond motifs is 3. The van der Waals surface area contributed by atoms with E-state index >= 15 is 0 Å². The van der Waals surface area contributed by atoms with Crippen LogP contribution in [0, 0.1) is 11.3 Å². The maximum atomic E-state index is 13.2. The second-order valence-corrected chi connectivity index (χ2v) is 12.8. The van der Waals surface area contributed by atoms with E-state index in [0.29, 0.717) is 5.57 Å². The second-order valence-electron chi connectivity index (χ2n) is 12.8. The van der Waals surface area contributed by atoms with Gasteiger partial charge < -0.3 is 37.9 Å². The lowest BCUT2D eigenvalue weighted by Crippen LogP contribution is -2.71. The molecular formula is C30H38O14. The van der Waals surface area contributed by atoms with Crippen LogP contribution >= 0.6 is 0 Å². The number of ether oxygens (including phenoxy) is 8. The zero-order chi connectivity index (χ0) is 32.7. The Balaban J connectivity index is 1.86. The summed E-state index contributed by atoms with van der Waals surface area (Å²) in [7, 11) is 0. The Hall–Kier alpha value is -3.52. The molecule has 0 aromatic heterocycles. The van der Waals surface area contributed by atoms with E-state index in [0.717, 1.165) is 6.92 Å². The first-order valence-electron chi connectivity index (χ1n) is 14.4. The highest BCUT2D eigenvalue weighted by molar-refractivity contribution is 5.89. The SMILES string of the molecule is CC(=O)O[C@@H]1[C@@H](OC(C)=O)[C@]2(C)[C@H]([C@@H](OC(C)=O)[C@@]34O[C@]3(C)C(=O)O[C@H]4/C=C(/C)C[C@@H](OC(C)=O)[C@@H]2OC(C)=O)[C@@]2(C)O[C@@H]12. The number of rotatable bonds is 5. The van der Waals surface area contributed by atoms with Crippen molar-refractivity contribution in [2.24, 2.45) is 11.3 Å². The lowest BCUT2D eigenvalue weighted by atomic mass is 9.52. The van der Waals surface area contributed by atoms with Crippen molar-refractivity contribution in [1.29, 1.82) is 0 Å². The number of carbonyl (C=O) groups is 6. The van der Waals surface area contributed by atoms with E-state index in [9.17, 15) is 28.8 Å². The van der Waals surface area contributed by atoms with Gasteiger partial charge in [0.15, 0.2) is 29.5 Å². The minimum atomic E-state index is -1.69. The molecule has 0 aromatic carbocycles. The predicted octanol–water partition coefficient (Wildman–Crippen LogP) is 1.24. The summed E-state index contributed by atoms with van der Waals surface area (Å²) in [5.41, 5.74) is -5.51. The summed E-state index contributed by atoms with van der Waals surface area (Å²) in [6.45, 7) is 12.4. The second kappa shape index (κ2) is 10.3. The molecule has 0 N–H and O–H groups in total. The van der Waals surface area contributed by atoms with Gasteiger partial charge in [0, 0.05) is 47.0 Å². The van der Waals surface area contributed by atoms with E-state index in [1.165, 1.54) is 34.6 Å². The third-order valence-electron chi connectivity index (χ3n) is 9.64. The van der Waals surface area contributed by atoms with E-state index in [-0.39, 0.29) is 6.42 Å². The number of esters is 6. The highest BCUT2D eigenvalue weighted by Gasteiger charge is 2.90. The molecule has 3 heterocycles. The van der Waals surface area contributed by atoms with Crippen LogP contribution in [0.1, 0.15) is 68.7 Å². The summed E-state index contributed by atoms with van der Waals surface area (Å²) in [5.74, 6) is -5.41. The topological polar surface area (TPSA) is 183 Å². The summed E-state index contributed by atoms with van der Waals surface area (Å²) < 4.78 is 47.7. The normalized spacial score (nSPS) is 46.1. The van der Waals surface area contributed by atoms with Crippen LogP contribution in [-0.4, -0.2) is 95.3 Å². The molecule has 3 saturated heterocycles. The molecule has 5 rings (SSSR count). The van der Waals surface area contributed by atoms with Gasteiger partial charge in [-0.2, -0.15) is 0 Å². The maximum absolute atomic E-state index is 13.2. The molecule has 1 saturated carbocycles. The minimum absolute atomic E-state index is 0.00899. The molecule has 2 aliphatic carbocycles. The van der Waals surface area contributed by atoms with Gasteiger partial charge in [0.1, 0.15) is 30.0 Å². The fourth-order valence-corrected chi connectivity index (χ4v) is 8.08. The summed E-state index contributed by atoms with van der Waals surface area (Å²) in [6, 6.07) is 0. The maximum Gasteiger partial charge on any atom is 0.342 e. The van der Waals surface area contributed by atoms with Crippen LogP contribution in [0.25, 0.3) is 0 Å². The van der Waals surface area contributed by atoms with E-state index in [1.807, 2.05) is 0 Å². The van der Waals surface area contributed by atoms with Crippen molar-refractivity contribution < 1.29 is 66.7 Å². The molecule has 5 aliphatic rings. The zero-order valence-corrected chi connectivity index (χ0v) is 26.1. The zero-order valence-electron chi connectivity index (χ0n) is 26.1.